The molecule has 69 heavy (non-hydrogen) atoms. The van der Waals surface area contributed by atoms with E-state index in [0.717, 1.165) is 38.5 Å². The van der Waals surface area contributed by atoms with Crippen LogP contribution in [-0.4, -0.2) is 108 Å². The second kappa shape index (κ2) is 38.7. The van der Waals surface area contributed by atoms with E-state index in [1.54, 1.807) is 0 Å². The number of unbranched alkanes of at least 4 members (excludes halogenated alkanes) is 19. The van der Waals surface area contributed by atoms with Crippen LogP contribution in [0.3, 0.4) is 0 Å². The third kappa shape index (κ3) is 35.0. The molecule has 1 saturated carbocycles. The first-order valence-corrected chi connectivity index (χ1v) is 29.5. The van der Waals surface area contributed by atoms with Gasteiger partial charge in [-0.15, -0.1) is 0 Å². The molecule has 0 saturated heterocycles. The minimum atomic E-state index is -5.56. The molecule has 0 aromatic carbocycles. The highest BCUT2D eigenvalue weighted by Crippen LogP contribution is 2.51. The van der Waals surface area contributed by atoms with E-state index >= 15 is 0 Å². The van der Waals surface area contributed by atoms with Crippen molar-refractivity contribution in [2.24, 2.45) is 0 Å². The number of phosphoric ester groups is 3. The maximum atomic E-state index is 13.2. The SMILES string of the molecule is CCCCCC/C=C\C=C/C/C=C\C/C=C\CCCC(=O)OC(COC(=O)CCCCCCCCCCCCCCCCC)COP(=O)(O)OC1[C@H](O)[C@H](OP(=O)(O)O)C(O)[C@H](OP(=O)(O)O)[C@H]1O. The lowest BCUT2D eigenvalue weighted by Crippen LogP contribution is -2.65. The Morgan fingerprint density at radius 3 is 1.39 bits per heavy atom. The first kappa shape index (κ1) is 65.1. The number of carbonyl (C=O) groups excluding carboxylic acids is 2. The molecule has 4 unspecified atom stereocenters. The quantitative estimate of drug-likeness (QED) is 0.00928. The monoisotopic (exact) mass is 1050 g/mol. The van der Waals surface area contributed by atoms with E-state index in [1.165, 1.54) is 89.9 Å². The molecule has 0 heterocycles. The van der Waals surface area contributed by atoms with Crippen molar-refractivity contribution in [2.75, 3.05) is 13.2 Å². The van der Waals surface area contributed by atoms with Gasteiger partial charge in [0.25, 0.3) is 0 Å². The second-order valence-electron chi connectivity index (χ2n) is 17.4. The lowest BCUT2D eigenvalue weighted by Gasteiger charge is -2.44. The van der Waals surface area contributed by atoms with Crippen LogP contribution in [0.15, 0.2) is 48.6 Å². The zero-order valence-corrected chi connectivity index (χ0v) is 43.6. The summed E-state index contributed by atoms with van der Waals surface area (Å²) in [6.45, 7) is 2.86. The Morgan fingerprint density at radius 1 is 0.478 bits per heavy atom. The van der Waals surface area contributed by atoms with Gasteiger partial charge in [0.2, 0.25) is 0 Å². The van der Waals surface area contributed by atoms with Gasteiger partial charge in [0.1, 0.15) is 43.2 Å². The number of ether oxygens (including phenoxy) is 2. The fourth-order valence-electron chi connectivity index (χ4n) is 7.43. The van der Waals surface area contributed by atoms with E-state index in [2.05, 4.69) is 47.2 Å². The van der Waals surface area contributed by atoms with Crippen molar-refractivity contribution >= 4 is 35.4 Å². The Kier molecular flexibility index (Phi) is 36.5. The minimum Gasteiger partial charge on any atom is -0.462 e. The number of hydrogen-bond donors (Lipinski definition) is 8. The second-order valence-corrected chi connectivity index (χ2v) is 21.2. The van der Waals surface area contributed by atoms with Gasteiger partial charge in [-0.1, -0.05) is 172 Å². The molecule has 0 aliphatic heterocycles. The van der Waals surface area contributed by atoms with E-state index < -0.39 is 91.3 Å². The number of hydrogen-bond acceptors (Lipinski definition) is 14. The molecule has 8 atom stereocenters. The predicted octanol–water partition coefficient (Wildman–Crippen LogP) is 9.40. The van der Waals surface area contributed by atoms with Gasteiger partial charge in [-0.25, -0.2) is 13.7 Å². The Hall–Kier alpha value is -1.89. The van der Waals surface area contributed by atoms with Crippen molar-refractivity contribution in [2.45, 2.75) is 224 Å². The van der Waals surface area contributed by atoms with Gasteiger partial charge < -0.3 is 49.3 Å². The molecule has 0 amide bonds. The van der Waals surface area contributed by atoms with Crippen molar-refractivity contribution in [1.82, 2.24) is 0 Å². The van der Waals surface area contributed by atoms with Crippen molar-refractivity contribution in [3.8, 4) is 0 Å². The van der Waals surface area contributed by atoms with Gasteiger partial charge in [-0.05, 0) is 44.9 Å². The summed E-state index contributed by atoms with van der Waals surface area (Å²) in [7, 11) is -16.6. The van der Waals surface area contributed by atoms with E-state index in [1.807, 2.05) is 24.3 Å². The van der Waals surface area contributed by atoms with Gasteiger partial charge >= 0.3 is 35.4 Å². The zero-order valence-electron chi connectivity index (χ0n) is 40.9. The Morgan fingerprint density at radius 2 is 0.884 bits per heavy atom. The lowest BCUT2D eigenvalue weighted by atomic mass is 9.85. The number of aliphatic hydroxyl groups excluding tert-OH is 3. The molecule has 0 aromatic rings. The average molecular weight is 1050 g/mol. The topological polar surface area (TPSA) is 303 Å². The van der Waals surface area contributed by atoms with Gasteiger partial charge in [0.15, 0.2) is 6.10 Å². The Balaban J connectivity index is 2.77. The van der Waals surface area contributed by atoms with E-state index in [-0.39, 0.29) is 12.8 Å². The molecule has 19 nitrogen and oxygen atoms in total. The Labute approximate surface area is 410 Å². The normalized spacial score (nSPS) is 21.7. The minimum absolute atomic E-state index is 0.0647. The summed E-state index contributed by atoms with van der Waals surface area (Å²) < 4.78 is 65.5. The molecule has 1 aliphatic carbocycles. The predicted molar refractivity (Wildman–Crippen MR) is 261 cm³/mol. The summed E-state index contributed by atoms with van der Waals surface area (Å²) in [5.41, 5.74) is 0. The molecule has 0 spiro atoms. The van der Waals surface area contributed by atoms with Crippen LogP contribution in [0.25, 0.3) is 0 Å². The Bertz CT molecular complexity index is 1590. The number of aliphatic hydroxyl groups is 3. The molecule has 1 aliphatic rings. The van der Waals surface area contributed by atoms with Crippen LogP contribution in [0.5, 0.6) is 0 Å². The fraction of sp³-hybridized carbons (Fsp3) is 0.787. The number of esters is 2. The molecule has 1 rings (SSSR count). The summed E-state index contributed by atoms with van der Waals surface area (Å²) >= 11 is 0. The van der Waals surface area contributed by atoms with Crippen molar-refractivity contribution in [3.63, 3.8) is 0 Å². The number of rotatable bonds is 42. The maximum absolute atomic E-state index is 13.2. The van der Waals surface area contributed by atoms with Gasteiger partial charge in [-0.2, -0.15) is 0 Å². The molecule has 0 aromatic heterocycles. The molecule has 402 valence electrons. The highest BCUT2D eigenvalue weighted by atomic mass is 31.2. The zero-order chi connectivity index (χ0) is 51.4. The third-order valence-corrected chi connectivity index (χ3v) is 13.2. The van der Waals surface area contributed by atoms with Crippen LogP contribution in [0, 0.1) is 0 Å². The molecule has 22 heteroatoms. The maximum Gasteiger partial charge on any atom is 0.472 e. The highest BCUT2D eigenvalue weighted by Gasteiger charge is 2.56. The van der Waals surface area contributed by atoms with Crippen molar-refractivity contribution in [3.05, 3.63) is 48.6 Å². The van der Waals surface area contributed by atoms with Gasteiger partial charge in [0.05, 0.1) is 6.61 Å². The van der Waals surface area contributed by atoms with Gasteiger partial charge in [0, 0.05) is 12.8 Å². The standard InChI is InChI=1S/C47H85O19P3/c1-3-5-7-9-11-13-15-17-19-20-22-24-26-28-30-32-34-36-41(49)63-39(37-61-40(48)35-33-31-29-27-25-23-21-18-16-14-12-10-8-6-4-2)38-62-69(59,60)66-47-43(51)45(64-67(53,54)55)42(50)46(44(47)52)65-68(56,57)58/h13,15,17,19,22,24,28,30,39,42-47,50-52H,3-12,14,16,18,20-21,23,25-27,29,31-38H2,1-2H3,(H,59,60)(H2,53,54,55)(H2,56,57,58)/b15-13-,19-17-,24-22-,30-28-/t39?,42?,43-,44-,45-,46+,47?/m1/s1. The number of allylic oxidation sites excluding steroid dienone is 8. The number of carbonyl (C=O) groups is 2. The van der Waals surface area contributed by atoms with Crippen LogP contribution in [0.1, 0.15) is 181 Å². The van der Waals surface area contributed by atoms with Crippen LogP contribution in [0.2, 0.25) is 0 Å². The number of phosphoric acid groups is 3. The first-order chi connectivity index (χ1) is 32.8. The first-order valence-electron chi connectivity index (χ1n) is 24.9. The smallest absolute Gasteiger partial charge is 0.462 e. The van der Waals surface area contributed by atoms with E-state index in [4.69, 9.17) is 18.5 Å². The van der Waals surface area contributed by atoms with E-state index in [9.17, 15) is 63.1 Å². The molecular formula is C47H85O19P3. The summed E-state index contributed by atoms with van der Waals surface area (Å²) in [4.78, 5) is 73.3. The summed E-state index contributed by atoms with van der Waals surface area (Å²) in [6.07, 6.45) is 25.5. The molecular weight excluding hydrogens is 961 g/mol. The molecule has 1 fully saturated rings. The van der Waals surface area contributed by atoms with Gasteiger partial charge in [-0.3, -0.25) is 27.7 Å². The molecule has 0 bridgehead atoms. The lowest BCUT2D eigenvalue weighted by molar-refractivity contribution is -0.213. The third-order valence-electron chi connectivity index (χ3n) is 11.2. The van der Waals surface area contributed by atoms with E-state index in [0.29, 0.717) is 25.7 Å². The summed E-state index contributed by atoms with van der Waals surface area (Å²) in [5, 5.41) is 31.9. The molecule has 0 radical (unpaired) electrons. The summed E-state index contributed by atoms with van der Waals surface area (Å²) in [6, 6.07) is 0. The summed E-state index contributed by atoms with van der Waals surface area (Å²) in [5.74, 6) is -1.37. The highest BCUT2D eigenvalue weighted by molar-refractivity contribution is 7.47. The van der Waals surface area contributed by atoms with Crippen LogP contribution >= 0.6 is 23.5 Å². The largest absolute Gasteiger partial charge is 0.472 e. The van der Waals surface area contributed by atoms with Crippen LogP contribution in [0.4, 0.5) is 0 Å². The van der Waals surface area contributed by atoms with Crippen LogP contribution < -0.4 is 0 Å². The molecule has 8 N–H and O–H groups in total. The van der Waals surface area contributed by atoms with Crippen LogP contribution in [-0.2, 0) is 50.9 Å². The average Bonchev–Trinajstić information content (AvgIpc) is 3.28. The van der Waals surface area contributed by atoms with Crippen molar-refractivity contribution in [1.29, 1.82) is 0 Å². The fourth-order valence-corrected chi connectivity index (χ4v) is 9.53. The van der Waals surface area contributed by atoms with Crippen molar-refractivity contribution < 1.29 is 90.6 Å².